The molecule has 0 aliphatic carbocycles. The van der Waals surface area contributed by atoms with Crippen LogP contribution < -0.4 is 9.47 Å². The van der Waals surface area contributed by atoms with Gasteiger partial charge in [-0.05, 0) is 38.5 Å². The summed E-state index contributed by atoms with van der Waals surface area (Å²) in [6, 6.07) is 6.75. The SMILES string of the molecule is CC(C)Oc1cc(Oc2cnc(C(=O)N3CCC3)cn2)cc(C(=O)Cc2cc[nH]n2)c1. The summed E-state index contributed by atoms with van der Waals surface area (Å²) < 4.78 is 11.6. The first-order chi connectivity index (χ1) is 15.0. The second kappa shape index (κ2) is 8.95. The smallest absolute Gasteiger partial charge is 0.274 e. The van der Waals surface area contributed by atoms with Crippen molar-refractivity contribution >= 4 is 11.7 Å². The number of likely N-dealkylation sites (tertiary alicyclic amines) is 1. The number of H-pyrrole nitrogens is 1. The van der Waals surface area contributed by atoms with Gasteiger partial charge in [-0.15, -0.1) is 0 Å². The number of nitrogens with zero attached hydrogens (tertiary/aromatic N) is 4. The molecule has 9 heteroatoms. The molecule has 1 N–H and O–H groups in total. The van der Waals surface area contributed by atoms with Crippen LogP contribution in [-0.4, -0.2) is 55.9 Å². The topological polar surface area (TPSA) is 110 Å². The molecule has 3 aromatic rings. The molecule has 0 bridgehead atoms. The molecule has 160 valence electrons. The van der Waals surface area contributed by atoms with Crippen LogP contribution in [0.4, 0.5) is 0 Å². The van der Waals surface area contributed by atoms with Gasteiger partial charge in [0.25, 0.3) is 5.91 Å². The molecule has 0 saturated carbocycles. The number of ether oxygens (including phenoxy) is 2. The van der Waals surface area contributed by atoms with Crippen molar-refractivity contribution in [2.24, 2.45) is 0 Å². The van der Waals surface area contributed by atoms with E-state index in [0.29, 0.717) is 22.8 Å². The maximum atomic E-state index is 12.7. The fourth-order valence-electron chi connectivity index (χ4n) is 3.07. The van der Waals surface area contributed by atoms with E-state index in [4.69, 9.17) is 9.47 Å². The van der Waals surface area contributed by atoms with E-state index in [2.05, 4.69) is 20.2 Å². The lowest BCUT2D eigenvalue weighted by atomic mass is 10.1. The fourth-order valence-corrected chi connectivity index (χ4v) is 3.07. The molecule has 1 amide bonds. The lowest BCUT2D eigenvalue weighted by Crippen LogP contribution is -2.42. The second-order valence-electron chi connectivity index (χ2n) is 7.51. The molecule has 31 heavy (non-hydrogen) atoms. The highest BCUT2D eigenvalue weighted by atomic mass is 16.5. The first-order valence-corrected chi connectivity index (χ1v) is 10.1. The first kappa shape index (κ1) is 20.5. The Bertz CT molecular complexity index is 1060. The van der Waals surface area contributed by atoms with Crippen molar-refractivity contribution in [2.75, 3.05) is 13.1 Å². The third-order valence-corrected chi connectivity index (χ3v) is 4.69. The van der Waals surface area contributed by atoms with Gasteiger partial charge in [0.15, 0.2) is 5.78 Å². The van der Waals surface area contributed by atoms with Crippen molar-refractivity contribution in [3.05, 3.63) is 59.8 Å². The Balaban J connectivity index is 1.53. The van der Waals surface area contributed by atoms with Gasteiger partial charge >= 0.3 is 0 Å². The van der Waals surface area contributed by atoms with Crippen LogP contribution in [0, 0.1) is 0 Å². The number of nitrogens with one attached hydrogen (secondary N) is 1. The lowest BCUT2D eigenvalue weighted by Gasteiger charge is -2.30. The number of Topliss-reactive ketones (excluding diaryl/α,β-unsaturated/α-hetero) is 1. The van der Waals surface area contributed by atoms with Crippen LogP contribution in [-0.2, 0) is 6.42 Å². The van der Waals surface area contributed by atoms with Crippen molar-refractivity contribution in [1.29, 1.82) is 0 Å². The number of carbonyl (C=O) groups excluding carboxylic acids is 2. The number of aromatic nitrogens is 4. The lowest BCUT2D eigenvalue weighted by molar-refractivity contribution is 0.0645. The summed E-state index contributed by atoms with van der Waals surface area (Å²) in [4.78, 5) is 35.0. The molecule has 0 unspecified atom stereocenters. The van der Waals surface area contributed by atoms with Crippen molar-refractivity contribution in [1.82, 2.24) is 25.1 Å². The molecule has 1 aromatic carbocycles. The van der Waals surface area contributed by atoms with Crippen LogP contribution in [0.2, 0.25) is 0 Å². The van der Waals surface area contributed by atoms with Gasteiger partial charge in [0.2, 0.25) is 5.88 Å². The average Bonchev–Trinajstić information content (AvgIpc) is 3.19. The van der Waals surface area contributed by atoms with E-state index in [9.17, 15) is 9.59 Å². The summed E-state index contributed by atoms with van der Waals surface area (Å²) in [5.74, 6) is 0.860. The van der Waals surface area contributed by atoms with E-state index < -0.39 is 0 Å². The van der Waals surface area contributed by atoms with Gasteiger partial charge < -0.3 is 14.4 Å². The highest BCUT2D eigenvalue weighted by molar-refractivity contribution is 5.98. The summed E-state index contributed by atoms with van der Waals surface area (Å²) in [6.07, 6.45) is 5.56. The number of hydrogen-bond acceptors (Lipinski definition) is 7. The average molecular weight is 421 g/mol. The molecule has 4 rings (SSSR count). The molecular formula is C22H23N5O4. The van der Waals surface area contributed by atoms with Gasteiger partial charge in [-0.1, -0.05) is 0 Å². The van der Waals surface area contributed by atoms with Gasteiger partial charge in [0.1, 0.15) is 17.2 Å². The summed E-state index contributed by atoms with van der Waals surface area (Å²) in [5, 5.41) is 6.73. The maximum Gasteiger partial charge on any atom is 0.274 e. The van der Waals surface area contributed by atoms with Crippen LogP contribution in [0.3, 0.4) is 0 Å². The van der Waals surface area contributed by atoms with Crippen molar-refractivity contribution < 1.29 is 19.1 Å². The third-order valence-electron chi connectivity index (χ3n) is 4.69. The number of ketones is 1. The van der Waals surface area contributed by atoms with E-state index >= 15 is 0 Å². The minimum atomic E-state index is -0.135. The predicted molar refractivity (Wildman–Crippen MR) is 111 cm³/mol. The molecule has 9 nitrogen and oxygen atoms in total. The Morgan fingerprint density at radius 2 is 1.94 bits per heavy atom. The quantitative estimate of drug-likeness (QED) is 0.557. The van der Waals surface area contributed by atoms with Crippen LogP contribution in [0.1, 0.15) is 46.8 Å². The second-order valence-corrected chi connectivity index (χ2v) is 7.51. The molecule has 1 fully saturated rings. The minimum absolute atomic E-state index is 0.0730. The van der Waals surface area contributed by atoms with Crippen molar-refractivity contribution in [2.45, 2.75) is 32.8 Å². The third kappa shape index (κ3) is 5.06. The molecule has 1 saturated heterocycles. The zero-order valence-corrected chi connectivity index (χ0v) is 17.4. The Morgan fingerprint density at radius 3 is 2.55 bits per heavy atom. The number of amides is 1. The Morgan fingerprint density at radius 1 is 1.13 bits per heavy atom. The number of aromatic amines is 1. The first-order valence-electron chi connectivity index (χ1n) is 10.1. The van der Waals surface area contributed by atoms with E-state index in [1.165, 1.54) is 12.4 Å². The van der Waals surface area contributed by atoms with E-state index in [0.717, 1.165) is 19.5 Å². The summed E-state index contributed by atoms with van der Waals surface area (Å²) >= 11 is 0. The predicted octanol–water partition coefficient (Wildman–Crippen LogP) is 3.05. The van der Waals surface area contributed by atoms with Crippen LogP contribution >= 0.6 is 0 Å². The summed E-state index contributed by atoms with van der Waals surface area (Å²) in [6.45, 7) is 5.29. The zero-order chi connectivity index (χ0) is 21.8. The van der Waals surface area contributed by atoms with Gasteiger partial charge in [0.05, 0.1) is 30.6 Å². The molecule has 1 aliphatic heterocycles. The largest absolute Gasteiger partial charge is 0.491 e. The zero-order valence-electron chi connectivity index (χ0n) is 17.4. The monoisotopic (exact) mass is 421 g/mol. The molecule has 0 radical (unpaired) electrons. The van der Waals surface area contributed by atoms with Gasteiger partial charge in [-0.3, -0.25) is 14.7 Å². The summed E-state index contributed by atoms with van der Waals surface area (Å²) in [5.41, 5.74) is 1.36. The molecule has 1 aliphatic rings. The Labute approximate surface area is 179 Å². The normalized spacial score (nSPS) is 13.1. The Hall–Kier alpha value is -3.75. The highest BCUT2D eigenvalue weighted by Crippen LogP contribution is 2.28. The van der Waals surface area contributed by atoms with Crippen molar-refractivity contribution in [3.8, 4) is 17.4 Å². The van der Waals surface area contributed by atoms with E-state index in [1.54, 1.807) is 35.4 Å². The minimum Gasteiger partial charge on any atom is -0.491 e. The molecule has 3 heterocycles. The van der Waals surface area contributed by atoms with E-state index in [-0.39, 0.29) is 35.8 Å². The van der Waals surface area contributed by atoms with Crippen molar-refractivity contribution in [3.63, 3.8) is 0 Å². The maximum absolute atomic E-state index is 12.7. The summed E-state index contributed by atoms with van der Waals surface area (Å²) in [7, 11) is 0. The van der Waals surface area contributed by atoms with Gasteiger partial charge in [-0.2, -0.15) is 5.10 Å². The fraction of sp³-hybridized carbons (Fsp3) is 0.318. The molecule has 2 aromatic heterocycles. The molecular weight excluding hydrogens is 398 g/mol. The Kier molecular flexibility index (Phi) is 5.92. The van der Waals surface area contributed by atoms with Gasteiger partial charge in [-0.25, -0.2) is 9.97 Å². The number of hydrogen-bond donors (Lipinski definition) is 1. The van der Waals surface area contributed by atoms with Crippen LogP contribution in [0.15, 0.2) is 42.9 Å². The van der Waals surface area contributed by atoms with Crippen LogP contribution in [0.25, 0.3) is 0 Å². The molecule has 0 spiro atoms. The number of carbonyl (C=O) groups is 2. The number of rotatable bonds is 8. The highest BCUT2D eigenvalue weighted by Gasteiger charge is 2.23. The number of benzene rings is 1. The van der Waals surface area contributed by atoms with E-state index in [1.807, 2.05) is 13.8 Å². The van der Waals surface area contributed by atoms with Crippen LogP contribution in [0.5, 0.6) is 17.4 Å². The van der Waals surface area contributed by atoms with Gasteiger partial charge in [0, 0.05) is 30.9 Å². The standard InChI is InChI=1S/C22H23N5O4/c1-14(2)30-17-8-15(20(28)10-16-4-5-25-26-16)9-18(11-17)31-21-13-23-19(12-24-21)22(29)27-6-3-7-27/h4-5,8-9,11-14H,3,6-7,10H2,1-2H3,(H,25,26). The molecule has 0 atom stereocenters.